The van der Waals surface area contributed by atoms with Crippen molar-refractivity contribution in [2.75, 3.05) is 33.7 Å². The number of amides is 6. The summed E-state index contributed by atoms with van der Waals surface area (Å²) in [6, 6.07) is 6.73. The van der Waals surface area contributed by atoms with E-state index in [4.69, 9.17) is 0 Å². The summed E-state index contributed by atoms with van der Waals surface area (Å²) in [6.45, 7) is 11.3. The fraction of sp³-hybridized carbons (Fsp3) is 0.528. The first-order valence-corrected chi connectivity index (χ1v) is 16.6. The van der Waals surface area contributed by atoms with Crippen LogP contribution in [0.3, 0.4) is 0 Å². The van der Waals surface area contributed by atoms with Gasteiger partial charge < -0.3 is 31.3 Å². The monoisotopic (exact) mass is 696 g/mol. The smallest absolute Gasteiger partial charge is 0.326 e. The van der Waals surface area contributed by atoms with Gasteiger partial charge in [-0.05, 0) is 37.8 Å². The molecule has 274 valence electrons. The molecule has 0 radical (unpaired) electrons. The first-order chi connectivity index (χ1) is 23.3. The maximum Gasteiger partial charge on any atom is 0.326 e. The SMILES string of the molecule is CN[C@H](C(=O)NC(C(=O)N(C)C/C=C(\C)C(=O)N[C@H](CCC(=O)NCCCN1C(=O)C=CC1=O)C(=O)O)C(C)(C)C)C(C)(C)c1ccccc1. The van der Waals surface area contributed by atoms with Crippen molar-refractivity contribution in [3.63, 3.8) is 0 Å². The molecule has 1 unspecified atom stereocenters. The minimum atomic E-state index is -1.34. The number of carbonyl (C=O) groups excluding carboxylic acids is 6. The third-order valence-electron chi connectivity index (χ3n) is 8.64. The molecular weight excluding hydrogens is 644 g/mol. The van der Waals surface area contributed by atoms with Gasteiger partial charge in [-0.15, -0.1) is 0 Å². The molecule has 2 rings (SSSR count). The highest BCUT2D eigenvalue weighted by molar-refractivity contribution is 6.12. The van der Waals surface area contributed by atoms with Crippen molar-refractivity contribution in [2.24, 2.45) is 5.41 Å². The number of carboxylic acid groups (broad SMARTS) is 1. The number of aliphatic carboxylic acids is 1. The zero-order valence-electron chi connectivity index (χ0n) is 30.3. The van der Waals surface area contributed by atoms with Crippen molar-refractivity contribution in [1.82, 2.24) is 31.1 Å². The van der Waals surface area contributed by atoms with Crippen molar-refractivity contribution < 1.29 is 38.7 Å². The lowest BCUT2D eigenvalue weighted by Gasteiger charge is -2.38. The zero-order chi connectivity index (χ0) is 37.8. The molecule has 1 heterocycles. The van der Waals surface area contributed by atoms with Crippen molar-refractivity contribution >= 4 is 41.4 Å². The van der Waals surface area contributed by atoms with Crippen molar-refractivity contribution in [2.45, 2.75) is 84.3 Å². The molecule has 0 saturated carbocycles. The van der Waals surface area contributed by atoms with Crippen molar-refractivity contribution in [3.05, 3.63) is 59.7 Å². The Balaban J connectivity index is 1.95. The third-order valence-corrected chi connectivity index (χ3v) is 8.64. The second-order valence-corrected chi connectivity index (χ2v) is 14.0. The summed E-state index contributed by atoms with van der Waals surface area (Å²) in [5.74, 6) is -3.97. The fourth-order valence-corrected chi connectivity index (χ4v) is 5.42. The molecule has 3 atom stereocenters. The molecule has 14 heteroatoms. The Bertz CT molecular complexity index is 1460. The summed E-state index contributed by atoms with van der Waals surface area (Å²) in [6.07, 6.45) is 3.81. The summed E-state index contributed by atoms with van der Waals surface area (Å²) in [5.41, 5.74) is -0.134. The van der Waals surface area contributed by atoms with Crippen LogP contribution in [0.25, 0.3) is 0 Å². The van der Waals surface area contributed by atoms with E-state index < -0.39 is 58.6 Å². The largest absolute Gasteiger partial charge is 0.480 e. The second kappa shape index (κ2) is 18.2. The van der Waals surface area contributed by atoms with E-state index in [0.717, 1.165) is 10.5 Å². The molecule has 1 aromatic carbocycles. The molecule has 0 spiro atoms. The standard InChI is InChI=1S/C36H52N6O8/c1-23(31(46)39-25(34(49)50)15-16-26(43)38-20-12-21-42-27(44)17-18-28(42)45)19-22-41(8)33(48)30(35(2,3)4)40-32(47)29(37-7)36(5,6)24-13-10-9-11-14-24/h9-11,13-14,17-19,25,29-30,37H,12,15-16,20-22H2,1-8H3,(H,38,43)(H,39,46)(H,40,47)(H,49,50)/b23-19+/t25-,29-,30?/m1/s1. The lowest BCUT2D eigenvalue weighted by Crippen LogP contribution is -2.60. The van der Waals surface area contributed by atoms with Gasteiger partial charge in [-0.25, -0.2) is 4.79 Å². The fourth-order valence-electron chi connectivity index (χ4n) is 5.42. The van der Waals surface area contributed by atoms with Gasteiger partial charge in [-0.2, -0.15) is 0 Å². The molecule has 1 aromatic rings. The van der Waals surface area contributed by atoms with Crippen molar-refractivity contribution in [3.8, 4) is 0 Å². The number of benzene rings is 1. The van der Waals surface area contributed by atoms with Crippen LogP contribution in [0.1, 0.15) is 66.4 Å². The predicted octanol–water partition coefficient (Wildman–Crippen LogP) is 1.27. The number of nitrogens with one attached hydrogen (secondary N) is 4. The van der Waals surface area contributed by atoms with Crippen molar-refractivity contribution in [1.29, 1.82) is 0 Å². The number of likely N-dealkylation sites (N-methyl/N-ethyl adjacent to an activating group) is 2. The molecule has 6 amide bonds. The lowest BCUT2D eigenvalue weighted by molar-refractivity contribution is -0.141. The molecule has 0 saturated heterocycles. The van der Waals surface area contributed by atoms with Gasteiger partial charge in [-0.1, -0.05) is 71.0 Å². The van der Waals surface area contributed by atoms with E-state index in [1.54, 1.807) is 14.1 Å². The first-order valence-electron chi connectivity index (χ1n) is 16.6. The zero-order valence-corrected chi connectivity index (χ0v) is 30.3. The average molecular weight is 697 g/mol. The molecule has 0 fully saturated rings. The van der Waals surface area contributed by atoms with E-state index in [0.29, 0.717) is 6.42 Å². The van der Waals surface area contributed by atoms with Crippen LogP contribution in [0.4, 0.5) is 0 Å². The molecule has 1 aliphatic heterocycles. The van der Waals surface area contributed by atoms with E-state index in [9.17, 15) is 38.7 Å². The summed E-state index contributed by atoms with van der Waals surface area (Å²) >= 11 is 0. The lowest BCUT2D eigenvalue weighted by atomic mass is 9.76. The van der Waals surface area contributed by atoms with Crippen LogP contribution in [-0.4, -0.2) is 108 Å². The van der Waals surface area contributed by atoms with Crippen LogP contribution < -0.4 is 21.3 Å². The van der Waals surface area contributed by atoms with Gasteiger partial charge in [0.05, 0.1) is 6.04 Å². The number of imide groups is 1. The maximum absolute atomic E-state index is 13.7. The average Bonchev–Trinajstić information content (AvgIpc) is 3.37. The van der Waals surface area contributed by atoms with Gasteiger partial charge in [0, 0.05) is 56.2 Å². The van der Waals surface area contributed by atoms with Crippen LogP contribution in [0, 0.1) is 5.41 Å². The number of carbonyl (C=O) groups is 7. The molecule has 0 bridgehead atoms. The van der Waals surface area contributed by atoms with Crippen LogP contribution in [-0.2, 0) is 39.0 Å². The van der Waals surface area contributed by atoms with E-state index in [2.05, 4.69) is 21.3 Å². The van der Waals surface area contributed by atoms with Gasteiger partial charge >= 0.3 is 5.97 Å². The molecular formula is C36H52N6O8. The van der Waals surface area contributed by atoms with E-state index in [-0.39, 0.29) is 49.9 Å². The summed E-state index contributed by atoms with van der Waals surface area (Å²) in [7, 11) is 3.25. The number of hydrogen-bond donors (Lipinski definition) is 5. The van der Waals surface area contributed by atoms with Gasteiger partial charge in [0.15, 0.2) is 0 Å². The normalized spacial score (nSPS) is 15.3. The molecule has 1 aliphatic rings. The second-order valence-electron chi connectivity index (χ2n) is 14.0. The minimum Gasteiger partial charge on any atom is -0.480 e. The Morgan fingerprint density at radius 1 is 0.940 bits per heavy atom. The molecule has 14 nitrogen and oxygen atoms in total. The number of nitrogens with zero attached hydrogens (tertiary/aromatic N) is 2. The number of rotatable bonds is 18. The third kappa shape index (κ3) is 11.6. The summed E-state index contributed by atoms with van der Waals surface area (Å²) < 4.78 is 0. The number of carboxylic acids is 1. The Hall–Kier alpha value is -4.85. The Morgan fingerprint density at radius 2 is 1.54 bits per heavy atom. The number of hydrogen-bond acceptors (Lipinski definition) is 8. The first kappa shape index (κ1) is 41.3. The minimum absolute atomic E-state index is 0.0102. The highest BCUT2D eigenvalue weighted by atomic mass is 16.4. The predicted molar refractivity (Wildman–Crippen MR) is 187 cm³/mol. The van der Waals surface area contributed by atoms with Crippen LogP contribution >= 0.6 is 0 Å². The van der Waals surface area contributed by atoms with Crippen LogP contribution in [0.2, 0.25) is 0 Å². The Morgan fingerprint density at radius 3 is 2.08 bits per heavy atom. The topological polar surface area (TPSA) is 194 Å². The van der Waals surface area contributed by atoms with Gasteiger partial charge in [-0.3, -0.25) is 33.7 Å². The molecule has 5 N–H and O–H groups in total. The molecule has 50 heavy (non-hydrogen) atoms. The van der Waals surface area contributed by atoms with Gasteiger partial charge in [0.2, 0.25) is 23.6 Å². The highest BCUT2D eigenvalue weighted by Gasteiger charge is 2.40. The molecule has 0 aromatic heterocycles. The van der Waals surface area contributed by atoms with E-state index in [1.165, 1.54) is 30.1 Å². The Labute approximate surface area is 294 Å². The van der Waals surface area contributed by atoms with E-state index in [1.807, 2.05) is 65.0 Å². The summed E-state index contributed by atoms with van der Waals surface area (Å²) in [5, 5.41) is 20.7. The van der Waals surface area contributed by atoms with Crippen LogP contribution in [0.15, 0.2) is 54.1 Å². The highest BCUT2D eigenvalue weighted by Crippen LogP contribution is 2.28. The van der Waals surface area contributed by atoms with E-state index >= 15 is 0 Å². The van der Waals surface area contributed by atoms with Gasteiger partial charge in [0.25, 0.3) is 11.8 Å². The molecule has 0 aliphatic carbocycles. The Kier molecular flexibility index (Phi) is 15.1. The van der Waals surface area contributed by atoms with Gasteiger partial charge in [0.1, 0.15) is 12.1 Å². The quantitative estimate of drug-likeness (QED) is 0.0854. The van der Waals surface area contributed by atoms with Crippen LogP contribution in [0.5, 0.6) is 0 Å². The maximum atomic E-state index is 13.7. The summed E-state index contributed by atoms with van der Waals surface area (Å²) in [4.78, 5) is 89.8.